The quantitative estimate of drug-likeness (QED) is 0.820. The molecule has 0 aromatic heterocycles. The van der Waals surface area contributed by atoms with Gasteiger partial charge in [0.1, 0.15) is 5.54 Å². The fraction of sp³-hybridized carbons (Fsp3) is 0.857. The summed E-state index contributed by atoms with van der Waals surface area (Å²) in [7, 11) is 0. The second kappa shape index (κ2) is 5.48. The van der Waals surface area contributed by atoms with Crippen molar-refractivity contribution in [2.75, 3.05) is 19.7 Å². The van der Waals surface area contributed by atoms with Gasteiger partial charge < -0.3 is 10.1 Å². The first-order chi connectivity index (χ1) is 8.94. The number of nitrogens with one attached hydrogen (secondary N) is 1. The van der Waals surface area contributed by atoms with Gasteiger partial charge >= 0.3 is 0 Å². The summed E-state index contributed by atoms with van der Waals surface area (Å²) in [5.74, 6) is 0.263. The Balaban J connectivity index is 1.88. The van der Waals surface area contributed by atoms with Gasteiger partial charge in [-0.15, -0.1) is 0 Å². The van der Waals surface area contributed by atoms with Crippen LogP contribution in [0.2, 0.25) is 0 Å². The number of nitrogens with zero attached hydrogens (tertiary/aromatic N) is 2. The highest BCUT2D eigenvalue weighted by Crippen LogP contribution is 2.39. The van der Waals surface area contributed by atoms with E-state index in [-0.39, 0.29) is 18.1 Å². The summed E-state index contributed by atoms with van der Waals surface area (Å²) in [4.78, 5) is 14.2. The van der Waals surface area contributed by atoms with Crippen LogP contribution >= 0.6 is 0 Å². The number of hydrogen-bond acceptors (Lipinski definition) is 4. The minimum absolute atomic E-state index is 0.0584. The Morgan fingerprint density at radius 3 is 2.79 bits per heavy atom. The number of nitriles is 1. The molecule has 3 unspecified atom stereocenters. The van der Waals surface area contributed by atoms with E-state index in [2.05, 4.69) is 23.2 Å². The third-order valence-corrected chi connectivity index (χ3v) is 4.11. The first kappa shape index (κ1) is 14.3. The van der Waals surface area contributed by atoms with E-state index in [1.54, 1.807) is 0 Å². The molecule has 1 aliphatic carbocycles. The molecule has 5 nitrogen and oxygen atoms in total. The lowest BCUT2D eigenvalue weighted by Crippen LogP contribution is -2.54. The maximum atomic E-state index is 12.1. The Morgan fingerprint density at radius 1 is 1.53 bits per heavy atom. The van der Waals surface area contributed by atoms with E-state index in [1.165, 1.54) is 0 Å². The lowest BCUT2D eigenvalue weighted by molar-refractivity contribution is -0.127. The molecule has 1 heterocycles. The summed E-state index contributed by atoms with van der Waals surface area (Å²) in [6.07, 6.45) is 2.24. The third kappa shape index (κ3) is 3.46. The highest BCUT2D eigenvalue weighted by molar-refractivity contribution is 5.79. The zero-order valence-electron chi connectivity index (χ0n) is 12.0. The molecule has 5 heteroatoms. The molecule has 0 spiro atoms. The zero-order valence-corrected chi connectivity index (χ0v) is 12.0. The van der Waals surface area contributed by atoms with Crippen LogP contribution in [0.15, 0.2) is 0 Å². The standard InChI is InChI=1S/C14H23N3O2/c1-10-8-19-11(2)6-17(10)7-13(18)16-14(3,9-15)12-4-5-12/h10-12H,4-8H2,1-3H3,(H,16,18). The Hall–Kier alpha value is -1.12. The molecule has 19 heavy (non-hydrogen) atoms. The Bertz CT molecular complexity index is 389. The molecule has 0 aromatic carbocycles. The van der Waals surface area contributed by atoms with Crippen molar-refractivity contribution in [3.8, 4) is 6.07 Å². The van der Waals surface area contributed by atoms with Crippen LogP contribution in [0.25, 0.3) is 0 Å². The molecule has 1 saturated heterocycles. The van der Waals surface area contributed by atoms with Crippen LogP contribution in [0.1, 0.15) is 33.6 Å². The van der Waals surface area contributed by atoms with Gasteiger partial charge in [-0.1, -0.05) is 0 Å². The first-order valence-electron chi connectivity index (χ1n) is 7.02. The zero-order chi connectivity index (χ0) is 14.0. The Kier molecular flexibility index (Phi) is 4.12. The molecular weight excluding hydrogens is 242 g/mol. The van der Waals surface area contributed by atoms with Crippen LogP contribution in [-0.4, -0.2) is 48.2 Å². The summed E-state index contributed by atoms with van der Waals surface area (Å²) < 4.78 is 5.55. The van der Waals surface area contributed by atoms with E-state index >= 15 is 0 Å². The van der Waals surface area contributed by atoms with Gasteiger partial charge in [-0.2, -0.15) is 5.26 Å². The molecule has 106 valence electrons. The van der Waals surface area contributed by atoms with Gasteiger partial charge in [0, 0.05) is 12.6 Å². The van der Waals surface area contributed by atoms with E-state index in [9.17, 15) is 10.1 Å². The number of carbonyl (C=O) groups is 1. The summed E-state index contributed by atoms with van der Waals surface area (Å²) in [5, 5.41) is 12.2. The van der Waals surface area contributed by atoms with Crippen LogP contribution in [0.5, 0.6) is 0 Å². The highest BCUT2D eigenvalue weighted by Gasteiger charge is 2.43. The number of carbonyl (C=O) groups excluding carboxylic acids is 1. The molecule has 2 fully saturated rings. The number of rotatable bonds is 4. The maximum Gasteiger partial charge on any atom is 0.235 e. The van der Waals surface area contributed by atoms with Gasteiger partial charge in [0.05, 0.1) is 25.3 Å². The summed E-state index contributed by atoms with van der Waals surface area (Å²) in [5.41, 5.74) is -0.696. The second-order valence-electron chi connectivity index (χ2n) is 6.06. The molecule has 1 N–H and O–H groups in total. The molecule has 1 aliphatic heterocycles. The average molecular weight is 265 g/mol. The van der Waals surface area contributed by atoms with E-state index in [4.69, 9.17) is 4.74 Å². The Labute approximate surface area is 114 Å². The van der Waals surface area contributed by atoms with Crippen LogP contribution in [-0.2, 0) is 9.53 Å². The van der Waals surface area contributed by atoms with Crippen molar-refractivity contribution in [1.82, 2.24) is 10.2 Å². The topological polar surface area (TPSA) is 65.4 Å². The van der Waals surface area contributed by atoms with Crippen molar-refractivity contribution < 1.29 is 9.53 Å². The van der Waals surface area contributed by atoms with E-state index in [0.29, 0.717) is 19.1 Å². The fourth-order valence-corrected chi connectivity index (χ4v) is 2.59. The van der Waals surface area contributed by atoms with Crippen LogP contribution in [0.4, 0.5) is 0 Å². The van der Waals surface area contributed by atoms with Gasteiger partial charge in [0.25, 0.3) is 0 Å². The normalized spacial score (nSPS) is 31.3. The summed E-state index contributed by atoms with van der Waals surface area (Å²) in [6.45, 7) is 7.67. The molecule has 2 rings (SSSR count). The van der Waals surface area contributed by atoms with E-state index in [0.717, 1.165) is 19.4 Å². The number of amides is 1. The van der Waals surface area contributed by atoms with Gasteiger partial charge in [-0.05, 0) is 39.5 Å². The lowest BCUT2D eigenvalue weighted by atomic mass is 9.98. The van der Waals surface area contributed by atoms with E-state index in [1.807, 2.05) is 13.8 Å². The summed E-state index contributed by atoms with van der Waals surface area (Å²) >= 11 is 0. The van der Waals surface area contributed by atoms with Crippen LogP contribution in [0.3, 0.4) is 0 Å². The smallest absolute Gasteiger partial charge is 0.235 e. The molecular formula is C14H23N3O2. The van der Waals surface area contributed by atoms with Crippen molar-refractivity contribution in [1.29, 1.82) is 5.26 Å². The van der Waals surface area contributed by atoms with Gasteiger partial charge in [-0.25, -0.2) is 0 Å². The molecule has 2 aliphatic rings. The molecule has 0 aromatic rings. The van der Waals surface area contributed by atoms with Crippen LogP contribution in [0, 0.1) is 17.2 Å². The Morgan fingerprint density at radius 2 is 2.21 bits per heavy atom. The monoisotopic (exact) mass is 265 g/mol. The molecule has 3 atom stereocenters. The maximum absolute atomic E-state index is 12.1. The second-order valence-corrected chi connectivity index (χ2v) is 6.06. The van der Waals surface area contributed by atoms with Gasteiger partial charge in [0.2, 0.25) is 5.91 Å². The van der Waals surface area contributed by atoms with Gasteiger partial charge in [-0.3, -0.25) is 9.69 Å². The minimum atomic E-state index is -0.696. The molecule has 1 saturated carbocycles. The average Bonchev–Trinajstić information content (AvgIpc) is 3.18. The molecule has 0 radical (unpaired) electrons. The summed E-state index contributed by atoms with van der Waals surface area (Å²) in [6, 6.07) is 2.50. The van der Waals surface area contributed by atoms with Crippen molar-refractivity contribution in [3.05, 3.63) is 0 Å². The highest BCUT2D eigenvalue weighted by atomic mass is 16.5. The van der Waals surface area contributed by atoms with Crippen molar-refractivity contribution in [2.24, 2.45) is 5.92 Å². The SMILES string of the molecule is CC1CN(CC(=O)NC(C)(C#N)C2CC2)C(C)CO1. The largest absolute Gasteiger partial charge is 0.376 e. The molecule has 0 bridgehead atoms. The molecule has 1 amide bonds. The first-order valence-corrected chi connectivity index (χ1v) is 7.02. The van der Waals surface area contributed by atoms with Crippen molar-refractivity contribution in [3.63, 3.8) is 0 Å². The predicted molar refractivity (Wildman–Crippen MR) is 71.3 cm³/mol. The van der Waals surface area contributed by atoms with Crippen molar-refractivity contribution in [2.45, 2.75) is 51.3 Å². The fourth-order valence-electron chi connectivity index (χ4n) is 2.59. The number of morpholine rings is 1. The predicted octanol–water partition coefficient (Wildman–Crippen LogP) is 0.904. The van der Waals surface area contributed by atoms with Crippen molar-refractivity contribution >= 4 is 5.91 Å². The van der Waals surface area contributed by atoms with E-state index < -0.39 is 5.54 Å². The lowest BCUT2D eigenvalue weighted by Gasteiger charge is -2.36. The van der Waals surface area contributed by atoms with Crippen LogP contribution < -0.4 is 5.32 Å². The minimum Gasteiger partial charge on any atom is -0.376 e. The third-order valence-electron chi connectivity index (χ3n) is 4.11. The van der Waals surface area contributed by atoms with Gasteiger partial charge in [0.15, 0.2) is 0 Å². The number of ether oxygens (including phenoxy) is 1. The number of hydrogen-bond donors (Lipinski definition) is 1.